The number of rotatable bonds is 5. The Bertz CT molecular complexity index is 1020. The maximum Gasteiger partial charge on any atom is 0.219 e. The first-order valence-electron chi connectivity index (χ1n) is 10.8. The van der Waals surface area contributed by atoms with Crippen molar-refractivity contribution < 1.29 is 14.3 Å². The van der Waals surface area contributed by atoms with E-state index in [1.54, 1.807) is 20.2 Å². The largest absolute Gasteiger partial charge is 0.495 e. The molecule has 0 aliphatic carbocycles. The van der Waals surface area contributed by atoms with Gasteiger partial charge in [-0.25, -0.2) is 0 Å². The smallest absolute Gasteiger partial charge is 0.219 e. The van der Waals surface area contributed by atoms with E-state index in [0.29, 0.717) is 18.3 Å². The summed E-state index contributed by atoms with van der Waals surface area (Å²) >= 11 is 0. The highest BCUT2D eigenvalue weighted by molar-refractivity contribution is 5.77. The van der Waals surface area contributed by atoms with Crippen molar-refractivity contribution in [2.24, 2.45) is 4.99 Å². The monoisotopic (exact) mass is 422 g/mol. The molecule has 3 heterocycles. The molecule has 1 saturated heterocycles. The Morgan fingerprint density at radius 3 is 2.81 bits per heavy atom. The molecule has 0 unspecified atom stereocenters. The number of aliphatic imine (C=N–C) groups is 1. The van der Waals surface area contributed by atoms with E-state index in [0.717, 1.165) is 67.0 Å². The third-order valence-corrected chi connectivity index (χ3v) is 6.35. The van der Waals surface area contributed by atoms with Crippen molar-refractivity contribution >= 4 is 18.4 Å². The number of nitrogens with zero attached hydrogens (tertiary/aromatic N) is 4. The number of hydrogen-bond acceptors (Lipinski definition) is 5. The molecule has 0 atom stereocenters. The van der Waals surface area contributed by atoms with Crippen LogP contribution in [-0.2, 0) is 27.2 Å². The predicted octanol–water partition coefficient (Wildman–Crippen LogP) is 3.76. The zero-order chi connectivity index (χ0) is 22.0. The molecule has 1 fully saturated rings. The molecule has 4 rings (SSSR count). The van der Waals surface area contributed by atoms with Crippen LogP contribution in [0.5, 0.6) is 0 Å². The molecule has 7 nitrogen and oxygen atoms in total. The van der Waals surface area contributed by atoms with Crippen molar-refractivity contribution in [2.45, 2.75) is 45.7 Å². The van der Waals surface area contributed by atoms with Gasteiger partial charge in [-0.1, -0.05) is 18.2 Å². The average Bonchev–Trinajstić information content (AvgIpc) is 3.17. The summed E-state index contributed by atoms with van der Waals surface area (Å²) in [5.74, 6) is 0.764. The van der Waals surface area contributed by atoms with Crippen molar-refractivity contribution in [3.8, 4) is 11.3 Å². The third-order valence-electron chi connectivity index (χ3n) is 6.35. The topological polar surface area (TPSA) is 69.0 Å². The second-order valence-corrected chi connectivity index (χ2v) is 8.11. The van der Waals surface area contributed by atoms with Crippen LogP contribution < -0.4 is 0 Å². The van der Waals surface area contributed by atoms with Gasteiger partial charge >= 0.3 is 0 Å². The summed E-state index contributed by atoms with van der Waals surface area (Å²) in [7, 11) is 1.63. The molecular weight excluding hydrogens is 392 g/mol. The van der Waals surface area contributed by atoms with Crippen molar-refractivity contribution in [2.75, 3.05) is 26.9 Å². The number of aromatic nitrogens is 2. The number of methoxy groups -OCH3 is 1. The molecule has 164 valence electrons. The van der Waals surface area contributed by atoms with E-state index in [2.05, 4.69) is 29.4 Å². The van der Waals surface area contributed by atoms with Gasteiger partial charge in [-0.15, -0.1) is 0 Å². The molecule has 1 amide bonds. The van der Waals surface area contributed by atoms with Crippen LogP contribution in [0.25, 0.3) is 17.0 Å². The first-order valence-corrected chi connectivity index (χ1v) is 10.8. The van der Waals surface area contributed by atoms with Gasteiger partial charge in [0.2, 0.25) is 5.91 Å². The van der Waals surface area contributed by atoms with E-state index < -0.39 is 0 Å². The second-order valence-electron chi connectivity index (χ2n) is 8.11. The Balaban J connectivity index is 1.85. The van der Waals surface area contributed by atoms with Crippen LogP contribution in [0.4, 0.5) is 0 Å². The zero-order valence-electron chi connectivity index (χ0n) is 18.6. The fourth-order valence-electron chi connectivity index (χ4n) is 4.64. The molecule has 1 aromatic heterocycles. The number of ether oxygens (including phenoxy) is 2. The van der Waals surface area contributed by atoms with Crippen molar-refractivity contribution in [1.29, 1.82) is 0 Å². The first-order chi connectivity index (χ1) is 15.0. The molecule has 0 spiro atoms. The average molecular weight is 423 g/mol. The Hall–Kier alpha value is -2.93. The van der Waals surface area contributed by atoms with Gasteiger partial charge in [0.15, 0.2) is 0 Å². The summed E-state index contributed by atoms with van der Waals surface area (Å²) in [5.41, 5.74) is 6.43. The van der Waals surface area contributed by atoms with Gasteiger partial charge < -0.3 is 14.4 Å². The Kier molecular flexibility index (Phi) is 6.23. The molecule has 0 saturated carbocycles. The number of carbonyl (C=O) groups excluding carboxylic acids is 1. The van der Waals surface area contributed by atoms with E-state index >= 15 is 0 Å². The lowest BCUT2D eigenvalue weighted by Crippen LogP contribution is -2.35. The van der Waals surface area contributed by atoms with Gasteiger partial charge in [0.25, 0.3) is 0 Å². The quantitative estimate of drug-likeness (QED) is 0.543. The highest BCUT2D eigenvalue weighted by atomic mass is 16.5. The number of fused-ring (bicyclic) bond motifs is 1. The molecule has 2 aliphatic heterocycles. The maximum absolute atomic E-state index is 12.1. The van der Waals surface area contributed by atoms with Crippen LogP contribution in [0.1, 0.15) is 48.2 Å². The molecule has 1 aromatic carbocycles. The minimum Gasteiger partial charge on any atom is -0.495 e. The maximum atomic E-state index is 12.1. The molecule has 0 radical (unpaired) electrons. The van der Waals surface area contributed by atoms with Crippen LogP contribution in [0.3, 0.4) is 0 Å². The lowest BCUT2D eigenvalue weighted by Gasteiger charge is -2.29. The standard InChI is InChI=1S/C24H30N4O3/c1-16-19(23(30-4)14-25-3)6-5-7-20(16)24-21-15-27(17(2)29)11-8-22(21)28(26-24)18-9-12-31-13-10-18/h5-7,14,18H,3,8-13,15H2,1-2,4H3/b23-14+. The van der Waals surface area contributed by atoms with Gasteiger partial charge in [-0.2, -0.15) is 5.10 Å². The third kappa shape index (κ3) is 4.02. The van der Waals surface area contributed by atoms with Crippen LogP contribution >= 0.6 is 0 Å². The van der Waals surface area contributed by atoms with E-state index in [1.165, 1.54) is 5.69 Å². The molecule has 0 N–H and O–H groups in total. The van der Waals surface area contributed by atoms with Crippen LogP contribution in [0.2, 0.25) is 0 Å². The predicted molar refractivity (Wildman–Crippen MR) is 121 cm³/mol. The summed E-state index contributed by atoms with van der Waals surface area (Å²) < 4.78 is 13.3. The van der Waals surface area contributed by atoms with Crippen molar-refractivity contribution in [3.05, 3.63) is 46.8 Å². The number of benzene rings is 1. The molecule has 2 aromatic rings. The highest BCUT2D eigenvalue weighted by Gasteiger charge is 2.30. The van der Waals surface area contributed by atoms with E-state index in [4.69, 9.17) is 14.6 Å². The zero-order valence-corrected chi connectivity index (χ0v) is 18.6. The SMILES string of the molecule is C=N/C=C(/OC)c1cccc(-c2nn(C3CCOCC3)c3c2CN(C(C)=O)CC3)c1C. The fraction of sp³-hybridized carbons (Fsp3) is 0.458. The molecule has 0 bridgehead atoms. The Morgan fingerprint density at radius 2 is 2.13 bits per heavy atom. The van der Waals surface area contributed by atoms with Crippen LogP contribution in [0.15, 0.2) is 29.4 Å². The van der Waals surface area contributed by atoms with Gasteiger partial charge in [0, 0.05) is 62.0 Å². The normalized spacial score (nSPS) is 17.4. The van der Waals surface area contributed by atoms with Crippen molar-refractivity contribution in [3.63, 3.8) is 0 Å². The van der Waals surface area contributed by atoms with E-state index in [9.17, 15) is 4.79 Å². The summed E-state index contributed by atoms with van der Waals surface area (Å²) in [6.45, 7) is 10.1. The lowest BCUT2D eigenvalue weighted by molar-refractivity contribution is -0.129. The van der Waals surface area contributed by atoms with E-state index in [-0.39, 0.29) is 5.91 Å². The Morgan fingerprint density at radius 1 is 1.35 bits per heavy atom. The van der Waals surface area contributed by atoms with Crippen molar-refractivity contribution in [1.82, 2.24) is 14.7 Å². The van der Waals surface area contributed by atoms with Gasteiger partial charge in [-0.05, 0) is 32.0 Å². The number of carbonyl (C=O) groups is 1. The summed E-state index contributed by atoms with van der Waals surface area (Å²) in [4.78, 5) is 17.9. The molecule has 7 heteroatoms. The van der Waals surface area contributed by atoms with Crippen LogP contribution in [0, 0.1) is 6.92 Å². The van der Waals surface area contributed by atoms with Gasteiger partial charge in [0.05, 0.1) is 25.0 Å². The van der Waals surface area contributed by atoms with Gasteiger partial charge in [0.1, 0.15) is 5.76 Å². The van der Waals surface area contributed by atoms with E-state index in [1.807, 2.05) is 17.0 Å². The minimum atomic E-state index is 0.0996. The molecule has 31 heavy (non-hydrogen) atoms. The molecule has 2 aliphatic rings. The number of hydrogen-bond donors (Lipinski definition) is 0. The first kappa shape index (κ1) is 21.3. The fourth-order valence-corrected chi connectivity index (χ4v) is 4.64. The molecular formula is C24H30N4O3. The summed E-state index contributed by atoms with van der Waals surface area (Å²) in [6, 6.07) is 6.46. The summed E-state index contributed by atoms with van der Waals surface area (Å²) in [6.07, 6.45) is 4.37. The second kappa shape index (κ2) is 9.06. The van der Waals surface area contributed by atoms with Crippen LogP contribution in [-0.4, -0.2) is 54.2 Å². The summed E-state index contributed by atoms with van der Waals surface area (Å²) in [5, 5.41) is 5.14. The number of amides is 1. The minimum absolute atomic E-state index is 0.0996. The Labute approximate surface area is 183 Å². The lowest BCUT2D eigenvalue weighted by atomic mass is 9.94. The van der Waals surface area contributed by atoms with Gasteiger partial charge in [-0.3, -0.25) is 14.5 Å². The highest BCUT2D eigenvalue weighted by Crippen LogP contribution is 2.37.